The van der Waals surface area contributed by atoms with E-state index in [1.807, 2.05) is 4.68 Å². The van der Waals surface area contributed by atoms with Gasteiger partial charge in [-0.15, -0.1) is 0 Å². The smallest absolute Gasteiger partial charge is 0.0640 e. The van der Waals surface area contributed by atoms with Crippen LogP contribution in [-0.4, -0.2) is 22.4 Å². The average molecular weight is 209 g/mol. The fraction of sp³-hybridized carbons (Fsp3) is 0.750. The lowest BCUT2D eigenvalue weighted by Gasteiger charge is -2.11. The van der Waals surface area contributed by atoms with Crippen LogP contribution in [0.5, 0.6) is 0 Å². The molecule has 86 valence electrons. The van der Waals surface area contributed by atoms with Crippen LogP contribution in [-0.2, 0) is 6.42 Å². The normalized spacial score (nSPS) is 13.4. The van der Waals surface area contributed by atoms with Gasteiger partial charge in [-0.05, 0) is 39.8 Å². The van der Waals surface area contributed by atoms with Crippen LogP contribution in [0.3, 0.4) is 0 Å². The van der Waals surface area contributed by atoms with E-state index in [2.05, 4.69) is 50.4 Å². The lowest BCUT2D eigenvalue weighted by Crippen LogP contribution is -2.28. The van der Waals surface area contributed by atoms with E-state index in [1.165, 1.54) is 12.1 Å². The maximum atomic E-state index is 4.53. The van der Waals surface area contributed by atoms with Gasteiger partial charge in [0.25, 0.3) is 0 Å². The van der Waals surface area contributed by atoms with Crippen molar-refractivity contribution in [2.75, 3.05) is 6.54 Å². The molecule has 1 heterocycles. The lowest BCUT2D eigenvalue weighted by molar-refractivity contribution is 0.506. The molecule has 0 aromatic carbocycles. The van der Waals surface area contributed by atoms with Gasteiger partial charge >= 0.3 is 0 Å². The van der Waals surface area contributed by atoms with E-state index in [0.717, 1.165) is 13.0 Å². The van der Waals surface area contributed by atoms with Crippen molar-refractivity contribution in [1.29, 1.82) is 0 Å². The van der Waals surface area contributed by atoms with Crippen molar-refractivity contribution in [2.45, 2.75) is 52.6 Å². The Morgan fingerprint density at radius 3 is 2.67 bits per heavy atom. The van der Waals surface area contributed by atoms with E-state index >= 15 is 0 Å². The van der Waals surface area contributed by atoms with E-state index in [0.29, 0.717) is 12.1 Å². The van der Waals surface area contributed by atoms with Crippen molar-refractivity contribution in [3.05, 3.63) is 18.0 Å². The molecule has 1 N–H and O–H groups in total. The predicted molar refractivity (Wildman–Crippen MR) is 64.1 cm³/mol. The molecule has 1 atom stereocenters. The van der Waals surface area contributed by atoms with E-state index < -0.39 is 0 Å². The van der Waals surface area contributed by atoms with Gasteiger partial charge in [-0.2, -0.15) is 5.10 Å². The number of rotatable bonds is 6. The highest BCUT2D eigenvalue weighted by Crippen LogP contribution is 2.06. The maximum absolute atomic E-state index is 4.53. The van der Waals surface area contributed by atoms with Crippen LogP contribution in [0.15, 0.2) is 12.3 Å². The minimum absolute atomic E-state index is 0.456. The summed E-state index contributed by atoms with van der Waals surface area (Å²) in [6.45, 7) is 9.79. The van der Waals surface area contributed by atoms with E-state index in [4.69, 9.17) is 0 Å². The molecule has 0 fully saturated rings. The highest BCUT2D eigenvalue weighted by atomic mass is 15.3. The van der Waals surface area contributed by atoms with Crippen molar-refractivity contribution in [3.8, 4) is 0 Å². The van der Waals surface area contributed by atoms with Crippen LogP contribution in [0, 0.1) is 0 Å². The highest BCUT2D eigenvalue weighted by molar-refractivity contribution is 5.01. The molecule has 0 aliphatic rings. The Kier molecular flexibility index (Phi) is 4.82. The topological polar surface area (TPSA) is 29.9 Å². The summed E-state index contributed by atoms with van der Waals surface area (Å²) >= 11 is 0. The summed E-state index contributed by atoms with van der Waals surface area (Å²) in [5.74, 6) is 0. The molecule has 0 spiro atoms. The Labute approximate surface area is 92.9 Å². The average Bonchev–Trinajstić information content (AvgIpc) is 2.63. The molecular formula is C12H23N3. The van der Waals surface area contributed by atoms with Crippen LogP contribution >= 0.6 is 0 Å². The third-order valence-corrected chi connectivity index (χ3v) is 2.45. The number of hydrogen-bond acceptors (Lipinski definition) is 2. The number of nitrogens with zero attached hydrogens (tertiary/aromatic N) is 2. The zero-order chi connectivity index (χ0) is 11.3. The van der Waals surface area contributed by atoms with Crippen molar-refractivity contribution in [1.82, 2.24) is 15.1 Å². The number of hydrogen-bond donors (Lipinski definition) is 1. The molecule has 0 radical (unpaired) electrons. The SMILES string of the molecule is CCCNC(C)Cc1ccn(C(C)C)n1. The second kappa shape index (κ2) is 5.91. The molecule has 0 aliphatic carbocycles. The monoisotopic (exact) mass is 209 g/mol. The Morgan fingerprint density at radius 1 is 1.40 bits per heavy atom. The van der Waals surface area contributed by atoms with Crippen LogP contribution in [0.25, 0.3) is 0 Å². The molecule has 0 saturated carbocycles. The summed E-state index contributed by atoms with van der Waals surface area (Å²) in [7, 11) is 0. The summed E-state index contributed by atoms with van der Waals surface area (Å²) < 4.78 is 2.02. The fourth-order valence-electron chi connectivity index (χ4n) is 1.55. The van der Waals surface area contributed by atoms with E-state index in [9.17, 15) is 0 Å². The van der Waals surface area contributed by atoms with Gasteiger partial charge in [0.05, 0.1) is 5.69 Å². The quantitative estimate of drug-likeness (QED) is 0.779. The molecule has 0 saturated heterocycles. The van der Waals surface area contributed by atoms with Crippen molar-refractivity contribution in [3.63, 3.8) is 0 Å². The third kappa shape index (κ3) is 4.04. The standard InChI is InChI=1S/C12H23N3/c1-5-7-13-11(4)9-12-6-8-15(14-12)10(2)3/h6,8,10-11,13H,5,7,9H2,1-4H3. The molecule has 3 nitrogen and oxygen atoms in total. The van der Waals surface area contributed by atoms with Gasteiger partial charge in [-0.3, -0.25) is 4.68 Å². The van der Waals surface area contributed by atoms with E-state index in [-0.39, 0.29) is 0 Å². The van der Waals surface area contributed by atoms with Crippen LogP contribution in [0.4, 0.5) is 0 Å². The fourth-order valence-corrected chi connectivity index (χ4v) is 1.55. The minimum Gasteiger partial charge on any atom is -0.314 e. The van der Waals surface area contributed by atoms with Crippen LogP contribution in [0.2, 0.25) is 0 Å². The third-order valence-electron chi connectivity index (χ3n) is 2.45. The Hall–Kier alpha value is -0.830. The summed E-state index contributed by atoms with van der Waals surface area (Å²) in [5.41, 5.74) is 1.18. The predicted octanol–water partition coefficient (Wildman–Crippen LogP) is 2.39. The summed E-state index contributed by atoms with van der Waals surface area (Å²) in [6, 6.07) is 3.09. The number of aromatic nitrogens is 2. The van der Waals surface area contributed by atoms with Crippen LogP contribution in [0.1, 0.15) is 45.9 Å². The first kappa shape index (κ1) is 12.2. The Balaban J connectivity index is 2.42. The van der Waals surface area contributed by atoms with Gasteiger partial charge in [0.15, 0.2) is 0 Å². The lowest BCUT2D eigenvalue weighted by atomic mass is 10.2. The van der Waals surface area contributed by atoms with Crippen LogP contribution < -0.4 is 5.32 Å². The maximum Gasteiger partial charge on any atom is 0.0640 e. The molecule has 1 aromatic rings. The van der Waals surface area contributed by atoms with Crippen molar-refractivity contribution in [2.24, 2.45) is 0 Å². The largest absolute Gasteiger partial charge is 0.314 e. The second-order valence-electron chi connectivity index (χ2n) is 4.44. The zero-order valence-corrected chi connectivity index (χ0v) is 10.3. The van der Waals surface area contributed by atoms with Crippen molar-refractivity contribution >= 4 is 0 Å². The molecule has 1 unspecified atom stereocenters. The summed E-state index contributed by atoms with van der Waals surface area (Å²) in [5, 5.41) is 8.00. The van der Waals surface area contributed by atoms with Gasteiger partial charge in [0.1, 0.15) is 0 Å². The Bertz CT molecular complexity index is 278. The second-order valence-corrected chi connectivity index (χ2v) is 4.44. The molecule has 0 amide bonds. The summed E-state index contributed by atoms with van der Waals surface area (Å²) in [4.78, 5) is 0. The van der Waals surface area contributed by atoms with Gasteiger partial charge in [0.2, 0.25) is 0 Å². The molecule has 1 aromatic heterocycles. The molecule has 0 aliphatic heterocycles. The molecule has 1 rings (SSSR count). The van der Waals surface area contributed by atoms with Gasteiger partial charge < -0.3 is 5.32 Å². The minimum atomic E-state index is 0.456. The molecule has 0 bridgehead atoms. The first-order valence-corrected chi connectivity index (χ1v) is 5.91. The van der Waals surface area contributed by atoms with Gasteiger partial charge in [-0.1, -0.05) is 6.92 Å². The highest BCUT2D eigenvalue weighted by Gasteiger charge is 2.06. The molecule has 3 heteroatoms. The number of nitrogens with one attached hydrogen (secondary N) is 1. The Morgan fingerprint density at radius 2 is 2.13 bits per heavy atom. The zero-order valence-electron chi connectivity index (χ0n) is 10.3. The molecular weight excluding hydrogens is 186 g/mol. The van der Waals surface area contributed by atoms with Gasteiger partial charge in [0, 0.05) is 24.7 Å². The van der Waals surface area contributed by atoms with E-state index in [1.54, 1.807) is 0 Å². The molecule has 15 heavy (non-hydrogen) atoms. The van der Waals surface area contributed by atoms with Crippen molar-refractivity contribution < 1.29 is 0 Å². The summed E-state index contributed by atoms with van der Waals surface area (Å²) in [6.07, 6.45) is 4.26. The van der Waals surface area contributed by atoms with Gasteiger partial charge in [-0.25, -0.2) is 0 Å². The first-order valence-electron chi connectivity index (χ1n) is 5.91. The first-order chi connectivity index (χ1) is 7.13.